The third-order valence-electron chi connectivity index (χ3n) is 2.81. The molecule has 0 aliphatic carbocycles. The summed E-state index contributed by atoms with van der Waals surface area (Å²) < 4.78 is 13.0. The molecule has 0 atom stereocenters. The first-order valence-corrected chi connectivity index (χ1v) is 10.1. The number of hydrogen-bond acceptors (Lipinski definition) is 3. The van der Waals surface area contributed by atoms with Gasteiger partial charge in [0.15, 0.2) is 0 Å². The molecule has 0 aliphatic heterocycles. The van der Waals surface area contributed by atoms with E-state index in [0.717, 1.165) is 15.6 Å². The summed E-state index contributed by atoms with van der Waals surface area (Å²) in [6.45, 7) is 5.25. The topological polar surface area (TPSA) is 31.4 Å². The van der Waals surface area contributed by atoms with E-state index in [1.54, 1.807) is 6.20 Å². The van der Waals surface area contributed by atoms with Crippen LogP contribution in [0.2, 0.25) is 13.1 Å². The molecule has 2 rings (SSSR count). The predicted octanol–water partition coefficient (Wildman–Crippen LogP) is 4.28. The summed E-state index contributed by atoms with van der Waals surface area (Å²) in [5.74, 6) is 0. The van der Waals surface area contributed by atoms with E-state index < -0.39 is 8.56 Å². The van der Waals surface area contributed by atoms with Crippen molar-refractivity contribution in [2.45, 2.75) is 26.3 Å². The molecule has 2 aromatic rings. The van der Waals surface area contributed by atoms with E-state index in [4.69, 9.17) is 8.85 Å². The van der Waals surface area contributed by atoms with Crippen LogP contribution in [-0.4, -0.2) is 13.5 Å². The highest BCUT2D eigenvalue weighted by atomic mass is 79.9. The maximum atomic E-state index is 5.96. The van der Waals surface area contributed by atoms with E-state index in [2.05, 4.69) is 46.1 Å². The summed E-state index contributed by atoms with van der Waals surface area (Å²) in [5.41, 5.74) is 2.22. The molecule has 0 fully saturated rings. The van der Waals surface area contributed by atoms with Crippen LogP contribution in [0.3, 0.4) is 0 Å². The van der Waals surface area contributed by atoms with Gasteiger partial charge in [0.1, 0.15) is 0 Å². The van der Waals surface area contributed by atoms with Crippen molar-refractivity contribution in [3.63, 3.8) is 0 Å². The number of benzene rings is 1. The number of pyridine rings is 1. The largest absolute Gasteiger partial charge is 0.390 e. The Bertz CT molecular complexity index is 531. The molecule has 3 nitrogen and oxygen atoms in total. The fraction of sp³-hybridized carbons (Fsp3) is 0.267. The Kier molecular flexibility index (Phi) is 5.48. The van der Waals surface area contributed by atoms with Gasteiger partial charge in [0.25, 0.3) is 0 Å². The van der Waals surface area contributed by atoms with Gasteiger partial charge in [0.05, 0.1) is 13.2 Å². The molecule has 1 heterocycles. The third kappa shape index (κ3) is 5.17. The minimum absolute atomic E-state index is 0.549. The van der Waals surface area contributed by atoms with Crippen molar-refractivity contribution < 1.29 is 8.85 Å². The third-order valence-corrected chi connectivity index (χ3v) is 5.02. The molecule has 0 saturated heterocycles. The average molecular weight is 352 g/mol. The summed E-state index contributed by atoms with van der Waals surface area (Å²) in [7, 11) is -2.12. The average Bonchev–Trinajstić information content (AvgIpc) is 2.46. The second kappa shape index (κ2) is 7.13. The van der Waals surface area contributed by atoms with E-state index in [1.807, 2.05) is 30.5 Å². The van der Waals surface area contributed by atoms with Gasteiger partial charge in [-0.2, -0.15) is 0 Å². The standard InChI is InChI=1S/C15H18BrNO2Si/c1-20(2,19-12-14-4-3-9-17-10-14)18-11-13-5-7-15(16)8-6-13/h3-10H,11-12H2,1-2H3. The lowest BCUT2D eigenvalue weighted by molar-refractivity contribution is 0.164. The van der Waals surface area contributed by atoms with Gasteiger partial charge in [0.2, 0.25) is 0 Å². The lowest BCUT2D eigenvalue weighted by Crippen LogP contribution is -2.34. The molecule has 20 heavy (non-hydrogen) atoms. The summed E-state index contributed by atoms with van der Waals surface area (Å²) in [5, 5.41) is 0. The summed E-state index contributed by atoms with van der Waals surface area (Å²) in [6, 6.07) is 12.1. The second-order valence-corrected chi connectivity index (χ2v) is 9.26. The minimum Gasteiger partial charge on any atom is -0.390 e. The predicted molar refractivity (Wildman–Crippen MR) is 85.4 cm³/mol. The Morgan fingerprint density at radius 3 is 2.25 bits per heavy atom. The molecule has 106 valence electrons. The van der Waals surface area contributed by atoms with Crippen LogP contribution in [0.4, 0.5) is 0 Å². The van der Waals surface area contributed by atoms with E-state index in [9.17, 15) is 0 Å². The molecule has 0 radical (unpaired) electrons. The molecule has 0 spiro atoms. The van der Waals surface area contributed by atoms with Gasteiger partial charge in [-0.25, -0.2) is 0 Å². The van der Waals surface area contributed by atoms with Crippen molar-refractivity contribution in [2.75, 3.05) is 0 Å². The van der Waals surface area contributed by atoms with Crippen LogP contribution < -0.4 is 0 Å². The van der Waals surface area contributed by atoms with Crippen molar-refractivity contribution in [2.24, 2.45) is 0 Å². The van der Waals surface area contributed by atoms with Crippen molar-refractivity contribution in [1.82, 2.24) is 4.98 Å². The molecule has 1 aromatic heterocycles. The maximum absolute atomic E-state index is 5.96. The smallest absolute Gasteiger partial charge is 0.332 e. The van der Waals surface area contributed by atoms with E-state index in [1.165, 1.54) is 0 Å². The zero-order valence-corrected chi connectivity index (χ0v) is 14.3. The van der Waals surface area contributed by atoms with Gasteiger partial charge in [-0.05, 0) is 42.4 Å². The highest BCUT2D eigenvalue weighted by Crippen LogP contribution is 2.15. The quantitative estimate of drug-likeness (QED) is 0.727. The molecule has 0 N–H and O–H groups in total. The molecule has 0 amide bonds. The van der Waals surface area contributed by atoms with Gasteiger partial charge in [-0.3, -0.25) is 4.98 Å². The van der Waals surface area contributed by atoms with Crippen LogP contribution in [0, 0.1) is 0 Å². The Hall–Kier alpha value is -1.01. The Morgan fingerprint density at radius 2 is 1.65 bits per heavy atom. The maximum Gasteiger partial charge on any atom is 0.332 e. The number of aromatic nitrogens is 1. The first kappa shape index (κ1) is 15.4. The molecular formula is C15H18BrNO2Si. The minimum atomic E-state index is -2.12. The van der Waals surface area contributed by atoms with Gasteiger partial charge in [-0.1, -0.05) is 34.1 Å². The fourth-order valence-electron chi connectivity index (χ4n) is 1.62. The van der Waals surface area contributed by atoms with Crippen molar-refractivity contribution >= 4 is 24.5 Å². The van der Waals surface area contributed by atoms with Gasteiger partial charge in [-0.15, -0.1) is 0 Å². The lowest BCUT2D eigenvalue weighted by Gasteiger charge is -2.23. The van der Waals surface area contributed by atoms with Crippen LogP contribution >= 0.6 is 15.9 Å². The number of rotatable bonds is 6. The zero-order valence-electron chi connectivity index (χ0n) is 11.7. The van der Waals surface area contributed by atoms with E-state index >= 15 is 0 Å². The normalized spacial score (nSPS) is 11.6. The van der Waals surface area contributed by atoms with Gasteiger partial charge in [0, 0.05) is 16.9 Å². The Labute approximate surface area is 129 Å². The highest BCUT2D eigenvalue weighted by molar-refractivity contribution is 9.10. The molecular weight excluding hydrogens is 334 g/mol. The van der Waals surface area contributed by atoms with Crippen molar-refractivity contribution in [3.05, 3.63) is 64.4 Å². The number of halogens is 1. The summed E-state index contributed by atoms with van der Waals surface area (Å²) >= 11 is 3.42. The lowest BCUT2D eigenvalue weighted by atomic mass is 10.2. The molecule has 1 aromatic carbocycles. The number of hydrogen-bond donors (Lipinski definition) is 0. The monoisotopic (exact) mass is 351 g/mol. The van der Waals surface area contributed by atoms with Crippen LogP contribution in [-0.2, 0) is 22.1 Å². The van der Waals surface area contributed by atoms with Crippen LogP contribution in [0.5, 0.6) is 0 Å². The highest BCUT2D eigenvalue weighted by Gasteiger charge is 2.24. The van der Waals surface area contributed by atoms with E-state index in [0.29, 0.717) is 13.2 Å². The first-order chi connectivity index (χ1) is 9.55. The van der Waals surface area contributed by atoms with Crippen LogP contribution in [0.15, 0.2) is 53.3 Å². The fourth-order valence-corrected chi connectivity index (χ4v) is 3.00. The second-order valence-electron chi connectivity index (χ2n) is 4.96. The van der Waals surface area contributed by atoms with Gasteiger partial charge >= 0.3 is 8.56 Å². The van der Waals surface area contributed by atoms with Crippen LogP contribution in [0.25, 0.3) is 0 Å². The van der Waals surface area contributed by atoms with Crippen molar-refractivity contribution in [3.8, 4) is 0 Å². The van der Waals surface area contributed by atoms with E-state index in [-0.39, 0.29) is 0 Å². The first-order valence-electron chi connectivity index (χ1n) is 6.46. The van der Waals surface area contributed by atoms with Crippen LogP contribution in [0.1, 0.15) is 11.1 Å². The van der Waals surface area contributed by atoms with Gasteiger partial charge < -0.3 is 8.85 Å². The Balaban J connectivity index is 1.83. The molecule has 0 bridgehead atoms. The SMILES string of the molecule is C[Si](C)(OCc1ccc(Br)cc1)OCc1cccnc1. The molecule has 0 aliphatic rings. The molecule has 0 unspecified atom stereocenters. The Morgan fingerprint density at radius 1 is 1.00 bits per heavy atom. The number of nitrogens with zero attached hydrogens (tertiary/aromatic N) is 1. The van der Waals surface area contributed by atoms with Crippen molar-refractivity contribution in [1.29, 1.82) is 0 Å². The zero-order chi connectivity index (χ0) is 14.4. The molecule has 5 heteroatoms. The molecule has 0 saturated carbocycles. The summed E-state index contributed by atoms with van der Waals surface area (Å²) in [6.07, 6.45) is 3.58. The summed E-state index contributed by atoms with van der Waals surface area (Å²) in [4.78, 5) is 4.08.